The first kappa shape index (κ1) is 28.7. The first-order valence-corrected chi connectivity index (χ1v) is 13.7. The van der Waals surface area contributed by atoms with Crippen molar-refractivity contribution in [1.82, 2.24) is 0 Å². The van der Waals surface area contributed by atoms with Gasteiger partial charge in [-0.25, -0.2) is 0 Å². The largest absolute Gasteiger partial charge is 0.496 e. The van der Waals surface area contributed by atoms with E-state index < -0.39 is 26.3 Å². The number of carbonyl (C=O) groups is 3. The lowest BCUT2D eigenvalue weighted by molar-refractivity contribution is 0.0985. The first-order chi connectivity index (χ1) is 18.9. The molecular formula is C26H26N6O6Si. The maximum absolute atomic E-state index is 12.8. The van der Waals surface area contributed by atoms with E-state index in [9.17, 15) is 14.4 Å². The molecule has 13 heteroatoms. The van der Waals surface area contributed by atoms with Crippen LogP contribution in [0.5, 0.6) is 17.2 Å². The highest BCUT2D eigenvalue weighted by molar-refractivity contribution is 6.74. The van der Waals surface area contributed by atoms with Crippen LogP contribution in [0.2, 0.25) is 6.04 Å². The lowest BCUT2D eigenvalue weighted by Gasteiger charge is -2.11. The molecule has 39 heavy (non-hydrogen) atoms. The van der Waals surface area contributed by atoms with E-state index in [0.29, 0.717) is 17.2 Å². The Bertz CT molecular complexity index is 1270. The fourth-order valence-corrected chi connectivity index (χ4v) is 4.57. The predicted molar refractivity (Wildman–Crippen MR) is 143 cm³/mol. The number of benzene rings is 3. The van der Waals surface area contributed by atoms with Crippen molar-refractivity contribution in [1.29, 1.82) is 0 Å². The summed E-state index contributed by atoms with van der Waals surface area (Å²) >= 11 is 0. The number of hydrogen-bond donors (Lipinski definition) is 0. The van der Waals surface area contributed by atoms with E-state index >= 15 is 0 Å². The predicted octanol–water partition coefficient (Wildman–Crippen LogP) is 5.85. The van der Waals surface area contributed by atoms with E-state index in [1.807, 2.05) is 0 Å². The fourth-order valence-electron chi connectivity index (χ4n) is 3.27. The van der Waals surface area contributed by atoms with Crippen LogP contribution in [0.15, 0.2) is 102 Å². The van der Waals surface area contributed by atoms with Gasteiger partial charge in [-0.15, -0.1) is 15.3 Å². The molecule has 0 aliphatic carbocycles. The van der Waals surface area contributed by atoms with Gasteiger partial charge in [0, 0.05) is 6.04 Å². The summed E-state index contributed by atoms with van der Waals surface area (Å²) in [7, 11) is 0.412. The number of ether oxygens (including phenoxy) is 3. The number of para-hydroxylation sites is 3. The molecule has 0 saturated heterocycles. The quantitative estimate of drug-likeness (QED) is 0.230. The third-order valence-electron chi connectivity index (χ3n) is 5.39. The van der Waals surface area contributed by atoms with Crippen molar-refractivity contribution in [2.24, 2.45) is 29.7 Å². The summed E-state index contributed by atoms with van der Waals surface area (Å²) < 4.78 is 28.0. The molecule has 0 aliphatic heterocycles. The number of methoxy groups -OCH3 is 3. The second-order valence-electron chi connectivity index (χ2n) is 7.74. The van der Waals surface area contributed by atoms with Gasteiger partial charge < -0.3 is 14.2 Å². The Morgan fingerprint density at radius 2 is 0.846 bits per heavy atom. The summed E-state index contributed by atoms with van der Waals surface area (Å²) in [5, 5.41) is 11.4. The molecule has 0 saturated carbocycles. The van der Waals surface area contributed by atoms with Gasteiger partial charge in [0.2, 0.25) is 0 Å². The number of carbonyl (C=O) groups excluding carboxylic acids is 3. The van der Waals surface area contributed by atoms with Crippen molar-refractivity contribution in [2.75, 3.05) is 21.3 Å². The van der Waals surface area contributed by atoms with Crippen LogP contribution in [0.4, 0.5) is 0 Å². The highest BCUT2D eigenvalue weighted by Crippen LogP contribution is 2.24. The lowest BCUT2D eigenvalue weighted by Crippen LogP contribution is -2.27. The Balaban J connectivity index is 2.02. The van der Waals surface area contributed by atoms with Gasteiger partial charge in [0.15, 0.2) is 0 Å². The lowest BCUT2D eigenvalue weighted by atomic mass is 10.2. The van der Waals surface area contributed by atoms with Gasteiger partial charge in [0.05, 0.1) is 38.0 Å². The molecule has 3 aromatic carbocycles. The summed E-state index contributed by atoms with van der Waals surface area (Å²) in [6.45, 7) is 1.66. The summed E-state index contributed by atoms with van der Waals surface area (Å²) in [6, 6.07) is 19.5. The Morgan fingerprint density at radius 1 is 0.564 bits per heavy atom. The minimum atomic E-state index is -3.85. The molecule has 0 spiro atoms. The van der Waals surface area contributed by atoms with Gasteiger partial charge in [-0.2, -0.15) is 14.3 Å². The third kappa shape index (κ3) is 7.10. The van der Waals surface area contributed by atoms with Gasteiger partial charge in [-0.3, -0.25) is 14.4 Å². The number of rotatable bonds is 10. The summed E-state index contributed by atoms with van der Waals surface area (Å²) in [5.41, 5.74) is 0.477. The van der Waals surface area contributed by atoms with Crippen LogP contribution in [-0.2, 0) is 0 Å². The second-order valence-corrected chi connectivity index (χ2v) is 10.6. The van der Waals surface area contributed by atoms with E-state index in [0.717, 1.165) is 0 Å². The molecule has 3 rings (SSSR count). The molecule has 3 amide bonds. The first-order valence-electron chi connectivity index (χ1n) is 11.7. The molecule has 0 aliphatic rings. The van der Waals surface area contributed by atoms with Crippen LogP contribution in [0, 0.1) is 0 Å². The van der Waals surface area contributed by atoms with Gasteiger partial charge in [-0.1, -0.05) is 43.3 Å². The van der Waals surface area contributed by atoms with E-state index in [2.05, 4.69) is 29.7 Å². The smallest absolute Gasteiger partial charge is 0.492 e. The van der Waals surface area contributed by atoms with E-state index in [1.165, 1.54) is 39.5 Å². The van der Waals surface area contributed by atoms with E-state index in [-0.39, 0.29) is 22.7 Å². The minimum Gasteiger partial charge on any atom is -0.496 e. The highest BCUT2D eigenvalue weighted by atomic mass is 28.4. The molecule has 3 aromatic rings. The monoisotopic (exact) mass is 546 g/mol. The molecule has 200 valence electrons. The standard InChI is InChI=1S/C26H26N6O6Si/c1-5-39(30-27-24(33)18-12-6-9-15-21(18)36-2,31-28-25(34)19-13-7-10-16-22(19)37-3)32-29-26(35)20-14-8-11-17-23(20)38-4/h6-17H,5H2,1-4H3. The van der Waals surface area contributed by atoms with Gasteiger partial charge in [0.1, 0.15) is 17.2 Å². The van der Waals surface area contributed by atoms with Gasteiger partial charge in [-0.05, 0) is 36.4 Å². The van der Waals surface area contributed by atoms with Crippen LogP contribution >= 0.6 is 0 Å². The fraction of sp³-hybridized carbons (Fsp3) is 0.192. The van der Waals surface area contributed by atoms with Crippen molar-refractivity contribution < 1.29 is 28.6 Å². The molecule has 0 heterocycles. The number of amides is 3. The second kappa shape index (κ2) is 13.6. The average molecular weight is 547 g/mol. The van der Waals surface area contributed by atoms with Crippen LogP contribution in [-0.4, -0.2) is 47.6 Å². The molecular weight excluding hydrogens is 520 g/mol. The highest BCUT2D eigenvalue weighted by Gasteiger charge is 2.37. The molecule has 0 bridgehead atoms. The van der Waals surface area contributed by atoms with Crippen molar-refractivity contribution in [3.8, 4) is 17.2 Å². The molecule has 0 aromatic heterocycles. The Labute approximate surface area is 225 Å². The minimum absolute atomic E-state index is 0.0844. The molecule has 0 radical (unpaired) electrons. The third-order valence-corrected chi connectivity index (χ3v) is 7.60. The zero-order valence-corrected chi connectivity index (χ0v) is 22.8. The summed E-state index contributed by atoms with van der Waals surface area (Å²) in [4.78, 5) is 38.5. The van der Waals surface area contributed by atoms with Crippen LogP contribution in [0.1, 0.15) is 38.0 Å². The normalized spacial score (nSPS) is 12.9. The zero-order chi connectivity index (χ0) is 28.3. The molecule has 0 N–H and O–H groups in total. The van der Waals surface area contributed by atoms with Crippen molar-refractivity contribution >= 4 is 26.3 Å². The average Bonchev–Trinajstić information content (AvgIpc) is 3.00. The van der Waals surface area contributed by atoms with Crippen LogP contribution in [0.3, 0.4) is 0 Å². The Kier molecular flexibility index (Phi) is 9.98. The van der Waals surface area contributed by atoms with Crippen molar-refractivity contribution in [2.45, 2.75) is 13.0 Å². The molecule has 0 atom stereocenters. The molecule has 0 unspecified atom stereocenters. The van der Waals surface area contributed by atoms with Crippen LogP contribution in [0.25, 0.3) is 0 Å². The summed E-state index contributed by atoms with van der Waals surface area (Å²) in [5.74, 6) is -1.29. The van der Waals surface area contributed by atoms with E-state index in [4.69, 9.17) is 14.2 Å². The van der Waals surface area contributed by atoms with Crippen molar-refractivity contribution in [3.63, 3.8) is 0 Å². The van der Waals surface area contributed by atoms with Crippen LogP contribution < -0.4 is 14.2 Å². The Morgan fingerprint density at radius 3 is 1.10 bits per heavy atom. The maximum Gasteiger partial charge on any atom is 0.492 e. The topological polar surface area (TPSA) is 153 Å². The van der Waals surface area contributed by atoms with Gasteiger partial charge in [0.25, 0.3) is 17.7 Å². The molecule has 0 fully saturated rings. The molecule has 12 nitrogen and oxygen atoms in total. The maximum atomic E-state index is 12.8. The van der Waals surface area contributed by atoms with E-state index in [1.54, 1.807) is 61.5 Å². The number of hydrogen-bond acceptors (Lipinski definition) is 9. The van der Waals surface area contributed by atoms with Gasteiger partial charge >= 0.3 is 8.56 Å². The number of nitrogens with zero attached hydrogens (tertiary/aromatic N) is 6. The van der Waals surface area contributed by atoms with Crippen molar-refractivity contribution in [3.05, 3.63) is 89.5 Å². The SMILES string of the molecule is CC[Si](N=NC(=O)c1ccccc1OC)(N=NC(=O)c1ccccc1OC)N=NC(=O)c1ccccc1OC. The summed E-state index contributed by atoms with van der Waals surface area (Å²) in [6.07, 6.45) is 0. The Hall–Kier alpha value is -4.91. The zero-order valence-electron chi connectivity index (χ0n) is 21.8.